The zero-order valence-electron chi connectivity index (χ0n) is 15.0. The molecule has 0 spiro atoms. The van der Waals surface area contributed by atoms with E-state index in [0.29, 0.717) is 6.61 Å². The second-order valence-electron chi connectivity index (χ2n) is 6.35. The van der Waals surface area contributed by atoms with Crippen molar-refractivity contribution >= 4 is 5.69 Å². The van der Waals surface area contributed by atoms with E-state index in [4.69, 9.17) is 14.6 Å². The monoisotopic (exact) mass is 349 g/mol. The van der Waals surface area contributed by atoms with E-state index < -0.39 is 0 Å². The summed E-state index contributed by atoms with van der Waals surface area (Å²) in [7, 11) is 1.70. The third-order valence-electron chi connectivity index (χ3n) is 4.65. The number of nitrogens with zero attached hydrogens (tertiary/aromatic N) is 3. The van der Waals surface area contributed by atoms with Crippen LogP contribution in [0.1, 0.15) is 5.69 Å². The van der Waals surface area contributed by atoms with Crippen molar-refractivity contribution in [3.05, 3.63) is 66.5 Å². The molecule has 1 aliphatic heterocycles. The lowest BCUT2D eigenvalue weighted by Gasteiger charge is -2.28. The molecule has 4 rings (SSSR count). The number of methoxy groups -OCH3 is 1. The van der Waals surface area contributed by atoms with Crippen LogP contribution in [0.15, 0.2) is 60.8 Å². The first-order chi connectivity index (χ1) is 12.8. The van der Waals surface area contributed by atoms with Crippen LogP contribution < -0.4 is 4.90 Å². The Balaban J connectivity index is 1.64. The van der Waals surface area contributed by atoms with Crippen LogP contribution in [0, 0.1) is 0 Å². The lowest BCUT2D eigenvalue weighted by atomic mass is 10.1. The van der Waals surface area contributed by atoms with E-state index in [1.165, 1.54) is 5.69 Å². The Bertz CT molecular complexity index is 837. The molecule has 0 saturated carbocycles. The molecule has 0 atom stereocenters. The molecule has 2 aromatic carbocycles. The van der Waals surface area contributed by atoms with Crippen molar-refractivity contribution in [1.82, 2.24) is 9.78 Å². The molecule has 0 amide bonds. The Hall–Kier alpha value is -2.63. The highest BCUT2D eigenvalue weighted by Crippen LogP contribution is 2.27. The van der Waals surface area contributed by atoms with E-state index in [0.717, 1.165) is 48.8 Å². The lowest BCUT2D eigenvalue weighted by molar-refractivity contribution is 0.122. The summed E-state index contributed by atoms with van der Waals surface area (Å²) >= 11 is 0. The maximum absolute atomic E-state index is 5.44. The van der Waals surface area contributed by atoms with Gasteiger partial charge in [-0.05, 0) is 29.8 Å². The van der Waals surface area contributed by atoms with Crippen LogP contribution in [0.5, 0.6) is 0 Å². The molecule has 1 fully saturated rings. The van der Waals surface area contributed by atoms with Crippen LogP contribution in [0.25, 0.3) is 16.8 Å². The van der Waals surface area contributed by atoms with Crippen LogP contribution in [0.2, 0.25) is 0 Å². The first kappa shape index (κ1) is 16.8. The molecule has 5 heteroatoms. The number of hydrogen-bond donors (Lipinski definition) is 0. The average Bonchev–Trinajstić information content (AvgIpc) is 3.14. The fraction of sp³-hybridized carbons (Fsp3) is 0.286. The average molecular weight is 349 g/mol. The van der Waals surface area contributed by atoms with Gasteiger partial charge >= 0.3 is 0 Å². The minimum Gasteiger partial charge on any atom is -0.378 e. The molecule has 0 aliphatic carbocycles. The summed E-state index contributed by atoms with van der Waals surface area (Å²) in [6.07, 6.45) is 2.08. The van der Waals surface area contributed by atoms with E-state index in [2.05, 4.69) is 47.5 Å². The SMILES string of the molecule is COCc1nn(-c2ccccc2)cc1-c1ccc(N2CCOCC2)cc1. The standard InChI is InChI=1S/C21H23N3O2/c1-25-16-21-20(15-24(22-21)19-5-3-2-4-6-19)17-7-9-18(10-8-17)23-11-13-26-14-12-23/h2-10,15H,11-14,16H2,1H3. The number of aromatic nitrogens is 2. The van der Waals surface area contributed by atoms with E-state index in [1.807, 2.05) is 22.9 Å². The van der Waals surface area contributed by atoms with Gasteiger partial charge in [0.2, 0.25) is 0 Å². The summed E-state index contributed by atoms with van der Waals surface area (Å²) in [6.45, 7) is 3.97. The zero-order chi connectivity index (χ0) is 17.8. The van der Waals surface area contributed by atoms with E-state index in [9.17, 15) is 0 Å². The van der Waals surface area contributed by atoms with Gasteiger partial charge in [0, 0.05) is 37.6 Å². The predicted octanol–water partition coefficient (Wildman–Crippen LogP) is 3.52. The Morgan fingerprint density at radius 2 is 1.69 bits per heavy atom. The number of morpholine rings is 1. The molecule has 0 unspecified atom stereocenters. The summed E-state index contributed by atoms with van der Waals surface area (Å²) in [5, 5.41) is 4.72. The second-order valence-corrected chi connectivity index (χ2v) is 6.35. The van der Waals surface area contributed by atoms with Crippen LogP contribution in [-0.2, 0) is 16.1 Å². The number of para-hydroxylation sites is 1. The normalized spacial score (nSPS) is 14.6. The largest absolute Gasteiger partial charge is 0.378 e. The zero-order valence-corrected chi connectivity index (χ0v) is 15.0. The van der Waals surface area contributed by atoms with E-state index >= 15 is 0 Å². The summed E-state index contributed by atoms with van der Waals surface area (Å²) in [5.41, 5.74) is 5.47. The van der Waals surface area contributed by atoms with Gasteiger partial charge in [-0.1, -0.05) is 30.3 Å². The molecular weight excluding hydrogens is 326 g/mol. The van der Waals surface area contributed by atoms with Gasteiger partial charge in [-0.3, -0.25) is 0 Å². The van der Waals surface area contributed by atoms with Crippen molar-refractivity contribution in [3.63, 3.8) is 0 Å². The number of anilines is 1. The fourth-order valence-corrected chi connectivity index (χ4v) is 3.28. The highest BCUT2D eigenvalue weighted by molar-refractivity contribution is 5.68. The van der Waals surface area contributed by atoms with Crippen LogP contribution in [0.3, 0.4) is 0 Å². The molecule has 1 aliphatic rings. The Labute approximate surface area is 153 Å². The predicted molar refractivity (Wildman–Crippen MR) is 103 cm³/mol. The number of benzene rings is 2. The Morgan fingerprint density at radius 3 is 2.38 bits per heavy atom. The van der Waals surface area contributed by atoms with E-state index in [-0.39, 0.29) is 0 Å². The third kappa shape index (κ3) is 3.49. The van der Waals surface area contributed by atoms with Crippen LogP contribution in [-0.4, -0.2) is 43.2 Å². The van der Waals surface area contributed by atoms with Gasteiger partial charge in [0.05, 0.1) is 31.2 Å². The molecule has 0 radical (unpaired) electrons. The van der Waals surface area contributed by atoms with Crippen molar-refractivity contribution in [3.8, 4) is 16.8 Å². The third-order valence-corrected chi connectivity index (χ3v) is 4.65. The Kier molecular flexibility index (Phi) is 5.00. The molecule has 5 nitrogen and oxygen atoms in total. The van der Waals surface area contributed by atoms with Crippen molar-refractivity contribution in [2.24, 2.45) is 0 Å². The molecule has 26 heavy (non-hydrogen) atoms. The number of hydrogen-bond acceptors (Lipinski definition) is 4. The fourth-order valence-electron chi connectivity index (χ4n) is 3.28. The van der Waals surface area contributed by atoms with Gasteiger partial charge in [-0.25, -0.2) is 4.68 Å². The molecular formula is C21H23N3O2. The summed E-state index contributed by atoms with van der Waals surface area (Å²) in [4.78, 5) is 2.36. The summed E-state index contributed by atoms with van der Waals surface area (Å²) in [6, 6.07) is 18.8. The molecule has 1 aromatic heterocycles. The van der Waals surface area contributed by atoms with E-state index in [1.54, 1.807) is 7.11 Å². The smallest absolute Gasteiger partial charge is 0.0964 e. The Morgan fingerprint density at radius 1 is 0.962 bits per heavy atom. The number of ether oxygens (including phenoxy) is 2. The summed E-state index contributed by atoms with van der Waals surface area (Å²) < 4.78 is 12.7. The maximum Gasteiger partial charge on any atom is 0.0964 e. The highest BCUT2D eigenvalue weighted by Gasteiger charge is 2.14. The molecule has 0 N–H and O–H groups in total. The molecule has 1 saturated heterocycles. The van der Waals surface area contributed by atoms with Crippen molar-refractivity contribution < 1.29 is 9.47 Å². The highest BCUT2D eigenvalue weighted by atomic mass is 16.5. The topological polar surface area (TPSA) is 39.5 Å². The maximum atomic E-state index is 5.44. The van der Waals surface area contributed by atoms with Crippen molar-refractivity contribution in [2.45, 2.75) is 6.61 Å². The van der Waals surface area contributed by atoms with Gasteiger partial charge in [0.15, 0.2) is 0 Å². The quantitative estimate of drug-likeness (QED) is 0.706. The van der Waals surface area contributed by atoms with Gasteiger partial charge in [-0.15, -0.1) is 0 Å². The summed E-state index contributed by atoms with van der Waals surface area (Å²) in [5.74, 6) is 0. The molecule has 0 bridgehead atoms. The van der Waals surface area contributed by atoms with Crippen LogP contribution in [0.4, 0.5) is 5.69 Å². The van der Waals surface area contributed by atoms with Crippen LogP contribution >= 0.6 is 0 Å². The van der Waals surface area contributed by atoms with Gasteiger partial charge in [0.1, 0.15) is 0 Å². The van der Waals surface area contributed by atoms with Gasteiger partial charge in [-0.2, -0.15) is 5.10 Å². The van der Waals surface area contributed by atoms with Gasteiger partial charge < -0.3 is 14.4 Å². The molecule has 2 heterocycles. The van der Waals surface area contributed by atoms with Crippen molar-refractivity contribution in [2.75, 3.05) is 38.3 Å². The first-order valence-corrected chi connectivity index (χ1v) is 8.91. The lowest BCUT2D eigenvalue weighted by Crippen LogP contribution is -2.36. The minimum absolute atomic E-state index is 0.486. The number of rotatable bonds is 5. The van der Waals surface area contributed by atoms with Crippen molar-refractivity contribution in [1.29, 1.82) is 0 Å². The molecule has 3 aromatic rings. The first-order valence-electron chi connectivity index (χ1n) is 8.91. The minimum atomic E-state index is 0.486. The second kappa shape index (κ2) is 7.72. The molecule has 134 valence electrons. The van der Waals surface area contributed by atoms with Gasteiger partial charge in [0.25, 0.3) is 0 Å².